The van der Waals surface area contributed by atoms with E-state index >= 15 is 0 Å². The van der Waals surface area contributed by atoms with Crippen LogP contribution in [0, 0.1) is 10.8 Å². The first-order chi connectivity index (χ1) is 18.2. The van der Waals surface area contributed by atoms with Gasteiger partial charge in [-0.25, -0.2) is 4.79 Å². The van der Waals surface area contributed by atoms with E-state index in [9.17, 15) is 4.79 Å². The molecule has 1 heterocycles. The Morgan fingerprint density at radius 1 is 0.974 bits per heavy atom. The third-order valence-electron chi connectivity index (χ3n) is 8.35. The highest BCUT2D eigenvalue weighted by Crippen LogP contribution is 2.44. The van der Waals surface area contributed by atoms with Crippen molar-refractivity contribution in [3.63, 3.8) is 0 Å². The van der Waals surface area contributed by atoms with E-state index in [1.165, 1.54) is 11.1 Å². The van der Waals surface area contributed by atoms with Crippen molar-refractivity contribution in [2.45, 2.75) is 40.3 Å². The van der Waals surface area contributed by atoms with Crippen LogP contribution in [-0.2, 0) is 11.3 Å². The summed E-state index contributed by atoms with van der Waals surface area (Å²) in [6, 6.07) is 20.9. The van der Waals surface area contributed by atoms with Gasteiger partial charge in [-0.3, -0.25) is 4.90 Å². The van der Waals surface area contributed by atoms with Crippen LogP contribution in [0.5, 0.6) is 0 Å². The first-order valence-corrected chi connectivity index (χ1v) is 13.6. The first kappa shape index (κ1) is 26.2. The molecule has 2 unspecified atom stereocenters. The highest BCUT2D eigenvalue weighted by molar-refractivity contribution is 6.07. The number of amides is 2. The topological polar surface area (TPSA) is 53.6 Å². The molecule has 2 aliphatic rings. The molecule has 1 aliphatic heterocycles. The SMILES string of the molecule is CC(C)(C)C1(C)C=CC=CC1NC(=O)Nc1ccc(-c2ccc(CN3CCOCC3)cc2)c2ccccc12. The zero-order chi connectivity index (χ0) is 26.8. The smallest absolute Gasteiger partial charge is 0.319 e. The molecule has 3 aromatic carbocycles. The number of carbonyl (C=O) groups is 1. The monoisotopic (exact) mass is 509 g/mol. The van der Waals surface area contributed by atoms with Crippen molar-refractivity contribution in [2.75, 3.05) is 31.6 Å². The van der Waals surface area contributed by atoms with Gasteiger partial charge in [-0.2, -0.15) is 0 Å². The van der Waals surface area contributed by atoms with Crippen LogP contribution in [0.4, 0.5) is 10.5 Å². The van der Waals surface area contributed by atoms with E-state index in [4.69, 9.17) is 4.74 Å². The fraction of sp³-hybridized carbons (Fsp3) is 0.364. The number of morpholine rings is 1. The van der Waals surface area contributed by atoms with Gasteiger partial charge in [0.25, 0.3) is 0 Å². The molecule has 5 heteroatoms. The summed E-state index contributed by atoms with van der Waals surface area (Å²) >= 11 is 0. The lowest BCUT2D eigenvalue weighted by Gasteiger charge is -2.46. The lowest BCUT2D eigenvalue weighted by Crippen LogP contribution is -2.52. The maximum absolute atomic E-state index is 13.2. The first-order valence-electron chi connectivity index (χ1n) is 13.6. The maximum Gasteiger partial charge on any atom is 0.319 e. The number of hydrogen-bond acceptors (Lipinski definition) is 3. The summed E-state index contributed by atoms with van der Waals surface area (Å²) in [5.41, 5.74) is 4.23. The molecule has 1 saturated heterocycles. The molecule has 1 aliphatic carbocycles. The van der Waals surface area contributed by atoms with E-state index in [1.807, 2.05) is 18.2 Å². The fourth-order valence-electron chi connectivity index (χ4n) is 5.42. The van der Waals surface area contributed by atoms with Crippen molar-refractivity contribution >= 4 is 22.5 Å². The van der Waals surface area contributed by atoms with Gasteiger partial charge in [0.2, 0.25) is 0 Å². The molecule has 0 radical (unpaired) electrons. The minimum Gasteiger partial charge on any atom is -0.379 e. The quantitative estimate of drug-likeness (QED) is 0.389. The molecule has 0 spiro atoms. The van der Waals surface area contributed by atoms with E-state index in [1.54, 1.807) is 0 Å². The maximum atomic E-state index is 13.2. The van der Waals surface area contributed by atoms with Crippen LogP contribution in [0.25, 0.3) is 21.9 Å². The Kier molecular flexibility index (Phi) is 7.42. The van der Waals surface area contributed by atoms with Crippen LogP contribution in [0.1, 0.15) is 33.3 Å². The van der Waals surface area contributed by atoms with Gasteiger partial charge in [0, 0.05) is 30.4 Å². The van der Waals surface area contributed by atoms with Crippen LogP contribution in [0.3, 0.4) is 0 Å². The number of benzene rings is 3. The Bertz CT molecular complexity index is 1350. The van der Waals surface area contributed by atoms with Crippen molar-refractivity contribution < 1.29 is 9.53 Å². The third-order valence-corrected chi connectivity index (χ3v) is 8.35. The number of nitrogens with zero attached hydrogens (tertiary/aromatic N) is 1. The van der Waals surface area contributed by atoms with Crippen LogP contribution >= 0.6 is 0 Å². The molecule has 2 atom stereocenters. The summed E-state index contributed by atoms with van der Waals surface area (Å²) < 4.78 is 5.47. The summed E-state index contributed by atoms with van der Waals surface area (Å²) in [6.45, 7) is 13.4. The largest absolute Gasteiger partial charge is 0.379 e. The van der Waals surface area contributed by atoms with Gasteiger partial charge in [-0.05, 0) is 33.6 Å². The number of ether oxygens (including phenoxy) is 1. The lowest BCUT2D eigenvalue weighted by atomic mass is 9.62. The van der Waals surface area contributed by atoms with Gasteiger partial charge in [0.1, 0.15) is 0 Å². The Balaban J connectivity index is 1.35. The van der Waals surface area contributed by atoms with Gasteiger partial charge in [0.05, 0.1) is 24.9 Å². The van der Waals surface area contributed by atoms with Crippen LogP contribution in [0.15, 0.2) is 85.0 Å². The molecular weight excluding hydrogens is 470 g/mol. The van der Waals surface area contributed by atoms with Crippen molar-refractivity contribution in [1.29, 1.82) is 0 Å². The van der Waals surface area contributed by atoms with Gasteiger partial charge >= 0.3 is 6.03 Å². The van der Waals surface area contributed by atoms with E-state index in [0.29, 0.717) is 0 Å². The minimum atomic E-state index is -0.198. The number of anilines is 1. The van der Waals surface area contributed by atoms with E-state index < -0.39 is 0 Å². The normalized spacial score (nSPS) is 21.9. The number of urea groups is 1. The summed E-state index contributed by atoms with van der Waals surface area (Å²) in [4.78, 5) is 15.6. The molecule has 5 rings (SSSR count). The second-order valence-electron chi connectivity index (χ2n) is 11.6. The molecule has 1 fully saturated rings. The standard InChI is InChI=1S/C33H39N3O2/c1-32(2,3)33(4)18-8-7-11-30(33)35-31(37)34-29-17-16-26(27-9-5-6-10-28(27)29)25-14-12-24(13-15-25)23-36-19-21-38-22-20-36/h5-18,30H,19-23H2,1-4H3,(H2,34,35,37). The highest BCUT2D eigenvalue weighted by atomic mass is 16.5. The number of fused-ring (bicyclic) bond motifs is 1. The summed E-state index contributed by atoms with van der Waals surface area (Å²) in [6.07, 6.45) is 8.36. The average molecular weight is 510 g/mol. The Hall–Kier alpha value is -3.41. The highest BCUT2D eigenvalue weighted by Gasteiger charge is 2.42. The second kappa shape index (κ2) is 10.8. The van der Waals surface area contributed by atoms with Crippen LogP contribution < -0.4 is 10.6 Å². The van der Waals surface area contributed by atoms with Gasteiger partial charge in [-0.15, -0.1) is 0 Å². The summed E-state index contributed by atoms with van der Waals surface area (Å²) in [7, 11) is 0. The zero-order valence-electron chi connectivity index (χ0n) is 23.0. The Labute approximate surface area is 226 Å². The molecule has 38 heavy (non-hydrogen) atoms. The predicted molar refractivity (Wildman–Crippen MR) is 157 cm³/mol. The number of nitrogens with one attached hydrogen (secondary N) is 2. The third kappa shape index (κ3) is 5.40. The predicted octanol–water partition coefficient (Wildman–Crippen LogP) is 7.01. The molecule has 198 valence electrons. The Morgan fingerprint density at radius 3 is 2.39 bits per heavy atom. The number of rotatable bonds is 5. The van der Waals surface area contributed by atoms with Gasteiger partial charge < -0.3 is 15.4 Å². The van der Waals surface area contributed by atoms with Crippen LogP contribution in [-0.4, -0.2) is 43.3 Å². The van der Waals surface area contributed by atoms with Crippen molar-refractivity contribution in [2.24, 2.45) is 10.8 Å². The lowest BCUT2D eigenvalue weighted by molar-refractivity contribution is 0.0342. The Morgan fingerprint density at radius 2 is 1.68 bits per heavy atom. The van der Waals surface area contributed by atoms with Crippen LogP contribution in [0.2, 0.25) is 0 Å². The molecular formula is C33H39N3O2. The summed E-state index contributed by atoms with van der Waals surface area (Å²) in [5.74, 6) is 0. The number of hydrogen-bond donors (Lipinski definition) is 2. The van der Waals surface area contributed by atoms with Gasteiger partial charge in [0.15, 0.2) is 0 Å². The van der Waals surface area contributed by atoms with E-state index in [2.05, 4.69) is 110 Å². The molecule has 2 amide bonds. The minimum absolute atomic E-state index is 0.0156. The molecule has 3 aromatic rings. The van der Waals surface area contributed by atoms with Crippen molar-refractivity contribution in [1.82, 2.24) is 10.2 Å². The molecule has 2 N–H and O–H groups in total. The molecule has 5 nitrogen and oxygen atoms in total. The zero-order valence-corrected chi connectivity index (χ0v) is 23.0. The van der Waals surface area contributed by atoms with Crippen molar-refractivity contribution in [3.8, 4) is 11.1 Å². The van der Waals surface area contributed by atoms with E-state index in [0.717, 1.165) is 54.9 Å². The molecule has 0 saturated carbocycles. The van der Waals surface area contributed by atoms with Crippen molar-refractivity contribution in [3.05, 3.63) is 90.5 Å². The average Bonchev–Trinajstić information content (AvgIpc) is 2.91. The molecule has 0 aromatic heterocycles. The summed E-state index contributed by atoms with van der Waals surface area (Å²) in [5, 5.41) is 8.49. The second-order valence-corrected chi connectivity index (χ2v) is 11.6. The van der Waals surface area contributed by atoms with E-state index in [-0.39, 0.29) is 22.9 Å². The number of allylic oxidation sites excluding steroid dienone is 2. The number of carbonyl (C=O) groups excluding carboxylic acids is 1. The molecule has 0 bridgehead atoms. The fourth-order valence-corrected chi connectivity index (χ4v) is 5.42. The van der Waals surface area contributed by atoms with Gasteiger partial charge in [-0.1, -0.05) is 107 Å².